The quantitative estimate of drug-likeness (QED) is 0.575. The van der Waals surface area contributed by atoms with Gasteiger partial charge in [0, 0.05) is 0 Å². The molecule has 3 aromatic rings. The number of carbonyl (C=O) groups excluding carboxylic acids is 2. The average molecular weight is 418 g/mol. The van der Waals surface area contributed by atoms with Crippen molar-refractivity contribution in [3.63, 3.8) is 0 Å². The van der Waals surface area contributed by atoms with Crippen molar-refractivity contribution >= 4 is 33.4 Å². The summed E-state index contributed by atoms with van der Waals surface area (Å²) >= 11 is 1.20. The molecule has 1 amide bonds. The van der Waals surface area contributed by atoms with Gasteiger partial charge >= 0.3 is 5.97 Å². The van der Waals surface area contributed by atoms with Crippen molar-refractivity contribution in [2.45, 2.75) is 13.0 Å². The zero-order valence-electron chi connectivity index (χ0n) is 16.1. The SMILES string of the molecule is COC(=O)Cn1c(=NC(=O)Cc2ccc(F)cc2)sc2c(OC)ccc(OC)c21. The molecule has 0 saturated carbocycles. The minimum atomic E-state index is -0.498. The smallest absolute Gasteiger partial charge is 0.325 e. The Balaban J connectivity index is 2.12. The van der Waals surface area contributed by atoms with E-state index in [4.69, 9.17) is 14.2 Å². The minimum Gasteiger partial charge on any atom is -0.495 e. The number of fused-ring (bicyclic) bond motifs is 1. The van der Waals surface area contributed by atoms with Gasteiger partial charge in [-0.25, -0.2) is 4.39 Å². The molecule has 0 unspecified atom stereocenters. The maximum atomic E-state index is 13.1. The lowest BCUT2D eigenvalue weighted by atomic mass is 10.1. The summed E-state index contributed by atoms with van der Waals surface area (Å²) in [6.07, 6.45) is 0.00101. The maximum absolute atomic E-state index is 13.1. The predicted molar refractivity (Wildman–Crippen MR) is 106 cm³/mol. The fraction of sp³-hybridized carbons (Fsp3) is 0.250. The third kappa shape index (κ3) is 4.45. The number of halogens is 1. The fourth-order valence-electron chi connectivity index (χ4n) is 2.80. The summed E-state index contributed by atoms with van der Waals surface area (Å²) < 4.78 is 30.9. The second-order valence-corrected chi connectivity index (χ2v) is 6.98. The normalized spacial score (nSPS) is 11.5. The molecule has 2 aromatic carbocycles. The zero-order valence-corrected chi connectivity index (χ0v) is 16.9. The third-order valence-corrected chi connectivity index (χ3v) is 5.29. The highest BCUT2D eigenvalue weighted by molar-refractivity contribution is 7.16. The number of esters is 1. The van der Waals surface area contributed by atoms with E-state index in [1.165, 1.54) is 56.9 Å². The van der Waals surface area contributed by atoms with Gasteiger partial charge in [-0.05, 0) is 29.8 Å². The van der Waals surface area contributed by atoms with Crippen molar-refractivity contribution in [1.29, 1.82) is 0 Å². The summed E-state index contributed by atoms with van der Waals surface area (Å²) in [7, 11) is 4.33. The Kier molecular flexibility index (Phi) is 6.28. The number of ether oxygens (including phenoxy) is 3. The largest absolute Gasteiger partial charge is 0.495 e. The molecule has 3 rings (SSSR count). The Morgan fingerprint density at radius 1 is 1.03 bits per heavy atom. The number of rotatable bonds is 6. The molecule has 0 saturated heterocycles. The topological polar surface area (TPSA) is 79.1 Å². The van der Waals surface area contributed by atoms with Crippen LogP contribution in [0, 0.1) is 5.82 Å². The van der Waals surface area contributed by atoms with Crippen LogP contribution < -0.4 is 14.3 Å². The Labute approximate surface area is 170 Å². The maximum Gasteiger partial charge on any atom is 0.325 e. The van der Waals surface area contributed by atoms with E-state index >= 15 is 0 Å². The molecule has 0 atom stereocenters. The van der Waals surface area contributed by atoms with Crippen LogP contribution in [0.25, 0.3) is 10.2 Å². The first-order valence-corrected chi connectivity index (χ1v) is 9.41. The van der Waals surface area contributed by atoms with Gasteiger partial charge in [0.05, 0.1) is 27.8 Å². The van der Waals surface area contributed by atoms with Gasteiger partial charge < -0.3 is 18.8 Å². The van der Waals surface area contributed by atoms with Crippen LogP contribution in [0.2, 0.25) is 0 Å². The monoisotopic (exact) mass is 418 g/mol. The first-order chi connectivity index (χ1) is 14.0. The van der Waals surface area contributed by atoms with E-state index in [1.54, 1.807) is 16.7 Å². The van der Waals surface area contributed by atoms with Gasteiger partial charge in [-0.1, -0.05) is 23.5 Å². The number of hydrogen-bond donors (Lipinski definition) is 0. The van der Waals surface area contributed by atoms with Crippen molar-refractivity contribution in [3.8, 4) is 11.5 Å². The molecular weight excluding hydrogens is 399 g/mol. The fourth-order valence-corrected chi connectivity index (χ4v) is 3.96. The van der Waals surface area contributed by atoms with E-state index in [0.717, 1.165) is 0 Å². The van der Waals surface area contributed by atoms with Gasteiger partial charge in [0.2, 0.25) is 0 Å². The van der Waals surface area contributed by atoms with Gasteiger partial charge in [0.15, 0.2) is 4.80 Å². The molecule has 0 aliphatic rings. The Morgan fingerprint density at radius 2 is 1.69 bits per heavy atom. The number of benzene rings is 2. The first kappa shape index (κ1) is 20.5. The lowest BCUT2D eigenvalue weighted by Crippen LogP contribution is -2.23. The van der Waals surface area contributed by atoms with Crippen LogP contribution in [0.3, 0.4) is 0 Å². The number of carbonyl (C=O) groups is 2. The summed E-state index contributed by atoms with van der Waals surface area (Å²) in [4.78, 5) is 29.0. The van der Waals surface area contributed by atoms with Crippen LogP contribution in [0.5, 0.6) is 11.5 Å². The summed E-state index contributed by atoms with van der Waals surface area (Å²) in [5.74, 6) is -0.232. The van der Waals surface area contributed by atoms with Gasteiger partial charge in [0.25, 0.3) is 5.91 Å². The number of thiazole rings is 1. The highest BCUT2D eigenvalue weighted by atomic mass is 32.1. The molecule has 0 aliphatic carbocycles. The van der Waals surface area contributed by atoms with Gasteiger partial charge in [-0.3, -0.25) is 9.59 Å². The molecule has 0 aliphatic heterocycles. The van der Waals surface area contributed by atoms with Gasteiger partial charge in [-0.2, -0.15) is 4.99 Å². The van der Waals surface area contributed by atoms with Crippen LogP contribution in [0.4, 0.5) is 4.39 Å². The predicted octanol–water partition coefficient (Wildman–Crippen LogP) is 2.70. The van der Waals surface area contributed by atoms with Crippen molar-refractivity contribution in [2.75, 3.05) is 21.3 Å². The molecule has 0 radical (unpaired) electrons. The van der Waals surface area contributed by atoms with Crippen molar-refractivity contribution in [1.82, 2.24) is 4.57 Å². The summed E-state index contributed by atoms with van der Waals surface area (Å²) in [5, 5.41) is 0. The molecule has 7 nitrogen and oxygen atoms in total. The molecule has 9 heteroatoms. The number of aromatic nitrogens is 1. The molecule has 0 fully saturated rings. The lowest BCUT2D eigenvalue weighted by Gasteiger charge is -2.09. The lowest BCUT2D eigenvalue weighted by molar-refractivity contribution is -0.141. The van der Waals surface area contributed by atoms with Crippen LogP contribution in [-0.4, -0.2) is 37.8 Å². The minimum absolute atomic E-state index is 0.00101. The van der Waals surface area contributed by atoms with Crippen LogP contribution in [0.15, 0.2) is 41.4 Å². The molecular formula is C20H19FN2O5S. The van der Waals surface area contributed by atoms with E-state index in [9.17, 15) is 14.0 Å². The summed E-state index contributed by atoms with van der Waals surface area (Å²) in [5.41, 5.74) is 1.21. The highest BCUT2D eigenvalue weighted by Crippen LogP contribution is 2.35. The Morgan fingerprint density at radius 3 is 2.31 bits per heavy atom. The van der Waals surface area contributed by atoms with Crippen LogP contribution in [-0.2, 0) is 27.3 Å². The average Bonchev–Trinajstić information content (AvgIpc) is 3.06. The molecule has 1 heterocycles. The van der Waals surface area contributed by atoms with E-state index in [2.05, 4.69) is 4.99 Å². The molecule has 1 aromatic heterocycles. The summed E-state index contributed by atoms with van der Waals surface area (Å²) in [6.45, 7) is -0.150. The number of nitrogens with zero attached hydrogens (tertiary/aromatic N) is 2. The molecule has 29 heavy (non-hydrogen) atoms. The highest BCUT2D eigenvalue weighted by Gasteiger charge is 2.18. The van der Waals surface area contributed by atoms with Crippen LogP contribution in [0.1, 0.15) is 5.56 Å². The van der Waals surface area contributed by atoms with Crippen LogP contribution >= 0.6 is 11.3 Å². The van der Waals surface area contributed by atoms with Crippen molar-refractivity contribution < 1.29 is 28.2 Å². The Hall–Kier alpha value is -3.20. The Bertz CT molecular complexity index is 1120. The number of hydrogen-bond acceptors (Lipinski definition) is 6. The zero-order chi connectivity index (χ0) is 21.0. The standard InChI is InChI=1S/C20H19FN2O5S/c1-26-14-8-9-15(27-2)19-18(14)23(11-17(25)28-3)20(29-19)22-16(24)10-12-4-6-13(21)7-5-12/h4-9H,10-11H2,1-3H3. The van der Waals surface area contributed by atoms with Gasteiger partial charge in [0.1, 0.15) is 34.1 Å². The second kappa shape index (κ2) is 8.87. The van der Waals surface area contributed by atoms with E-state index < -0.39 is 11.9 Å². The third-order valence-electron chi connectivity index (χ3n) is 4.20. The number of amides is 1. The number of methoxy groups -OCH3 is 3. The van der Waals surface area contributed by atoms with Crippen molar-refractivity contribution in [2.24, 2.45) is 4.99 Å². The first-order valence-electron chi connectivity index (χ1n) is 8.60. The van der Waals surface area contributed by atoms with E-state index in [-0.39, 0.29) is 18.8 Å². The molecule has 0 N–H and O–H groups in total. The molecule has 0 spiro atoms. The van der Waals surface area contributed by atoms with Crippen molar-refractivity contribution in [3.05, 3.63) is 52.6 Å². The summed E-state index contributed by atoms with van der Waals surface area (Å²) in [6, 6.07) is 9.09. The van der Waals surface area contributed by atoms with Gasteiger partial charge in [-0.15, -0.1) is 0 Å². The molecule has 0 bridgehead atoms. The van der Waals surface area contributed by atoms with E-state index in [1.807, 2.05) is 0 Å². The molecule has 152 valence electrons. The van der Waals surface area contributed by atoms with E-state index in [0.29, 0.717) is 32.1 Å². The second-order valence-electron chi connectivity index (χ2n) is 6.00.